The third-order valence-corrected chi connectivity index (χ3v) is 4.37. The van der Waals surface area contributed by atoms with Crippen LogP contribution in [0.4, 0.5) is 5.69 Å². The van der Waals surface area contributed by atoms with Crippen LogP contribution in [-0.2, 0) is 21.6 Å². The van der Waals surface area contributed by atoms with E-state index in [0.717, 1.165) is 24.2 Å². The number of aliphatic hydroxyl groups is 1. The molecular weight excluding hydrogens is 320 g/mol. The maximum Gasteiger partial charge on any atom is 0.227 e. The summed E-state index contributed by atoms with van der Waals surface area (Å²) in [6.45, 7) is 2.41. The molecule has 3 rings (SSSR count). The Kier molecular flexibility index (Phi) is 4.90. The largest absolute Gasteiger partial charge is 0.466 e. The second kappa shape index (κ2) is 7.11. The van der Waals surface area contributed by atoms with Gasteiger partial charge in [-0.1, -0.05) is 12.1 Å². The first kappa shape index (κ1) is 17.2. The van der Waals surface area contributed by atoms with Crippen LogP contribution in [0.3, 0.4) is 0 Å². The van der Waals surface area contributed by atoms with Gasteiger partial charge < -0.3 is 19.7 Å². The molecule has 1 atom stereocenters. The summed E-state index contributed by atoms with van der Waals surface area (Å²) >= 11 is 0. The first-order chi connectivity index (χ1) is 12.0. The van der Waals surface area contributed by atoms with Crippen LogP contribution in [0.15, 0.2) is 47.1 Å². The standard InChI is InChI=1S/C19H22N2O4/c1-19(24,16-4-3-11-25-16)13-20-17(22)12-14-6-8-15(9-7-14)21-10-2-5-18(21)23/h3-4,6-9,11,24H,2,5,10,12-13H2,1H3,(H,20,22). The lowest BCUT2D eigenvalue weighted by molar-refractivity contribution is -0.121. The zero-order chi connectivity index (χ0) is 17.9. The van der Waals surface area contributed by atoms with Crippen LogP contribution < -0.4 is 10.2 Å². The third-order valence-electron chi connectivity index (χ3n) is 4.37. The van der Waals surface area contributed by atoms with Gasteiger partial charge in [-0.15, -0.1) is 0 Å². The van der Waals surface area contributed by atoms with Crippen molar-refractivity contribution >= 4 is 17.5 Å². The van der Waals surface area contributed by atoms with E-state index < -0.39 is 5.60 Å². The zero-order valence-corrected chi connectivity index (χ0v) is 14.2. The molecule has 1 aromatic carbocycles. The van der Waals surface area contributed by atoms with Crippen molar-refractivity contribution in [2.75, 3.05) is 18.0 Å². The maximum atomic E-state index is 12.1. The number of carbonyl (C=O) groups is 2. The summed E-state index contributed by atoms with van der Waals surface area (Å²) in [7, 11) is 0. The lowest BCUT2D eigenvalue weighted by Crippen LogP contribution is -2.39. The lowest BCUT2D eigenvalue weighted by atomic mass is 10.0. The Morgan fingerprint density at radius 2 is 2.08 bits per heavy atom. The highest BCUT2D eigenvalue weighted by molar-refractivity contribution is 5.95. The number of amides is 2. The van der Waals surface area contributed by atoms with Gasteiger partial charge in [-0.2, -0.15) is 0 Å². The van der Waals surface area contributed by atoms with E-state index in [1.54, 1.807) is 24.0 Å². The van der Waals surface area contributed by atoms with Crippen LogP contribution >= 0.6 is 0 Å². The number of anilines is 1. The molecule has 0 spiro atoms. The number of nitrogens with zero attached hydrogens (tertiary/aromatic N) is 1. The van der Waals surface area contributed by atoms with Crippen molar-refractivity contribution in [2.45, 2.75) is 31.8 Å². The Bertz CT molecular complexity index is 735. The van der Waals surface area contributed by atoms with Crippen molar-refractivity contribution in [1.29, 1.82) is 0 Å². The van der Waals surface area contributed by atoms with Crippen molar-refractivity contribution in [3.63, 3.8) is 0 Å². The number of benzene rings is 1. The zero-order valence-electron chi connectivity index (χ0n) is 14.2. The van der Waals surface area contributed by atoms with Gasteiger partial charge in [0, 0.05) is 18.7 Å². The Hall–Kier alpha value is -2.60. The lowest BCUT2D eigenvalue weighted by Gasteiger charge is -2.21. The van der Waals surface area contributed by atoms with Gasteiger partial charge in [-0.05, 0) is 43.2 Å². The summed E-state index contributed by atoms with van der Waals surface area (Å²) in [6, 6.07) is 10.8. The molecule has 0 bridgehead atoms. The fourth-order valence-corrected chi connectivity index (χ4v) is 2.91. The summed E-state index contributed by atoms with van der Waals surface area (Å²) in [4.78, 5) is 25.6. The minimum atomic E-state index is -1.25. The van der Waals surface area contributed by atoms with E-state index in [4.69, 9.17) is 4.42 Å². The van der Waals surface area contributed by atoms with E-state index in [9.17, 15) is 14.7 Å². The van der Waals surface area contributed by atoms with Crippen LogP contribution in [-0.4, -0.2) is 30.0 Å². The fourth-order valence-electron chi connectivity index (χ4n) is 2.91. The monoisotopic (exact) mass is 342 g/mol. The number of carbonyl (C=O) groups excluding carboxylic acids is 2. The summed E-state index contributed by atoms with van der Waals surface area (Å²) in [5.41, 5.74) is 0.469. The molecular formula is C19H22N2O4. The van der Waals surface area contributed by atoms with Crippen LogP contribution in [0, 0.1) is 0 Å². The van der Waals surface area contributed by atoms with Crippen LogP contribution in [0.25, 0.3) is 0 Å². The predicted molar refractivity (Wildman–Crippen MR) is 93.0 cm³/mol. The van der Waals surface area contributed by atoms with E-state index in [1.807, 2.05) is 24.3 Å². The molecule has 1 unspecified atom stereocenters. The second-order valence-corrected chi connectivity index (χ2v) is 6.52. The molecule has 1 aromatic heterocycles. The average molecular weight is 342 g/mol. The molecule has 0 radical (unpaired) electrons. The van der Waals surface area contributed by atoms with Gasteiger partial charge in [0.15, 0.2) is 0 Å². The summed E-state index contributed by atoms with van der Waals surface area (Å²) in [5, 5.41) is 13.0. The number of hydrogen-bond acceptors (Lipinski definition) is 4. The summed E-state index contributed by atoms with van der Waals surface area (Å²) in [6.07, 6.45) is 3.18. The molecule has 6 nitrogen and oxygen atoms in total. The maximum absolute atomic E-state index is 12.1. The third kappa shape index (κ3) is 4.09. The predicted octanol–water partition coefficient (Wildman–Crippen LogP) is 1.97. The van der Waals surface area contributed by atoms with Gasteiger partial charge in [-0.25, -0.2) is 0 Å². The Morgan fingerprint density at radius 1 is 1.32 bits per heavy atom. The highest BCUT2D eigenvalue weighted by Gasteiger charge is 2.26. The van der Waals surface area contributed by atoms with Gasteiger partial charge in [0.2, 0.25) is 11.8 Å². The topological polar surface area (TPSA) is 82.8 Å². The molecule has 1 aliphatic rings. The van der Waals surface area contributed by atoms with Crippen molar-refractivity contribution in [2.24, 2.45) is 0 Å². The van der Waals surface area contributed by atoms with Crippen molar-refractivity contribution < 1.29 is 19.1 Å². The molecule has 0 saturated carbocycles. The molecule has 132 valence electrons. The number of nitrogens with one attached hydrogen (secondary N) is 1. The molecule has 2 heterocycles. The number of rotatable bonds is 6. The average Bonchev–Trinajstić information content (AvgIpc) is 3.26. The van der Waals surface area contributed by atoms with Gasteiger partial charge in [0.05, 0.1) is 19.2 Å². The Morgan fingerprint density at radius 3 is 2.68 bits per heavy atom. The Labute approximate surface area is 146 Å². The summed E-state index contributed by atoms with van der Waals surface area (Å²) < 4.78 is 5.19. The van der Waals surface area contributed by atoms with Gasteiger partial charge in [-0.3, -0.25) is 9.59 Å². The van der Waals surface area contributed by atoms with E-state index in [2.05, 4.69) is 5.32 Å². The van der Waals surface area contributed by atoms with Gasteiger partial charge in [0.25, 0.3) is 0 Å². The fraction of sp³-hybridized carbons (Fsp3) is 0.368. The van der Waals surface area contributed by atoms with Crippen molar-refractivity contribution in [3.05, 3.63) is 54.0 Å². The van der Waals surface area contributed by atoms with Crippen molar-refractivity contribution in [3.8, 4) is 0 Å². The van der Waals surface area contributed by atoms with Crippen molar-refractivity contribution in [1.82, 2.24) is 5.32 Å². The molecule has 1 saturated heterocycles. The second-order valence-electron chi connectivity index (χ2n) is 6.52. The Balaban J connectivity index is 1.53. The SMILES string of the molecule is CC(O)(CNC(=O)Cc1ccc(N2CCCC2=O)cc1)c1ccco1. The molecule has 25 heavy (non-hydrogen) atoms. The van der Waals surface area contributed by atoms with E-state index in [0.29, 0.717) is 12.2 Å². The van der Waals surface area contributed by atoms with E-state index in [-0.39, 0.29) is 24.8 Å². The smallest absolute Gasteiger partial charge is 0.227 e. The highest BCUT2D eigenvalue weighted by atomic mass is 16.4. The molecule has 0 aliphatic carbocycles. The molecule has 2 amide bonds. The van der Waals surface area contributed by atoms with Crippen LogP contribution in [0.1, 0.15) is 31.1 Å². The quantitative estimate of drug-likeness (QED) is 0.841. The first-order valence-electron chi connectivity index (χ1n) is 8.38. The summed E-state index contributed by atoms with van der Waals surface area (Å²) in [5.74, 6) is 0.370. The molecule has 2 N–H and O–H groups in total. The first-order valence-corrected chi connectivity index (χ1v) is 8.38. The minimum Gasteiger partial charge on any atom is -0.466 e. The minimum absolute atomic E-state index is 0.0692. The molecule has 1 aliphatic heterocycles. The number of furan rings is 1. The molecule has 1 fully saturated rings. The van der Waals surface area contributed by atoms with Crippen LogP contribution in [0.2, 0.25) is 0 Å². The molecule has 6 heteroatoms. The van der Waals surface area contributed by atoms with E-state index in [1.165, 1.54) is 6.26 Å². The number of hydrogen-bond donors (Lipinski definition) is 2. The van der Waals surface area contributed by atoms with Crippen LogP contribution in [0.5, 0.6) is 0 Å². The normalized spacial score (nSPS) is 16.7. The highest BCUT2D eigenvalue weighted by Crippen LogP contribution is 2.22. The molecule has 2 aromatic rings. The van der Waals surface area contributed by atoms with Gasteiger partial charge in [0.1, 0.15) is 11.4 Å². The van der Waals surface area contributed by atoms with Gasteiger partial charge >= 0.3 is 0 Å². The van der Waals surface area contributed by atoms with E-state index >= 15 is 0 Å².